The lowest BCUT2D eigenvalue weighted by atomic mass is 10.1. The SMILES string of the molecule is CCN1C(=O)c2cc(NC(C)=O)ccc2Oc2ccccc21. The Bertz CT molecular complexity index is 755. The lowest BCUT2D eigenvalue weighted by molar-refractivity contribution is -0.114. The fourth-order valence-electron chi connectivity index (χ4n) is 2.52. The molecule has 1 N–H and O–H groups in total. The van der Waals surface area contributed by atoms with Crippen molar-refractivity contribution < 1.29 is 14.3 Å². The van der Waals surface area contributed by atoms with E-state index in [1.165, 1.54) is 6.92 Å². The summed E-state index contributed by atoms with van der Waals surface area (Å²) >= 11 is 0. The molecule has 5 heteroatoms. The Labute approximate surface area is 128 Å². The number of amides is 2. The zero-order valence-electron chi connectivity index (χ0n) is 12.4. The first-order chi connectivity index (χ1) is 10.6. The van der Waals surface area contributed by atoms with Gasteiger partial charge in [-0.25, -0.2) is 0 Å². The molecule has 2 aromatic carbocycles. The van der Waals surface area contributed by atoms with Crippen LogP contribution in [-0.4, -0.2) is 18.4 Å². The molecule has 0 fully saturated rings. The number of nitrogens with zero attached hydrogens (tertiary/aromatic N) is 1. The van der Waals surface area contributed by atoms with Crippen molar-refractivity contribution in [2.45, 2.75) is 13.8 Å². The lowest BCUT2D eigenvalue weighted by Gasteiger charge is -2.19. The van der Waals surface area contributed by atoms with Crippen molar-refractivity contribution in [3.05, 3.63) is 48.0 Å². The minimum Gasteiger partial charge on any atom is -0.454 e. The van der Waals surface area contributed by atoms with Gasteiger partial charge in [0, 0.05) is 19.2 Å². The quantitative estimate of drug-likeness (QED) is 0.923. The average Bonchev–Trinajstić information content (AvgIpc) is 2.61. The van der Waals surface area contributed by atoms with E-state index in [0.29, 0.717) is 29.3 Å². The van der Waals surface area contributed by atoms with Gasteiger partial charge in [0.15, 0.2) is 5.75 Å². The van der Waals surface area contributed by atoms with E-state index in [9.17, 15) is 9.59 Å². The van der Waals surface area contributed by atoms with Gasteiger partial charge in [0.1, 0.15) is 5.75 Å². The molecule has 2 amide bonds. The van der Waals surface area contributed by atoms with E-state index in [4.69, 9.17) is 4.74 Å². The number of carbonyl (C=O) groups is 2. The maximum absolute atomic E-state index is 12.8. The lowest BCUT2D eigenvalue weighted by Crippen LogP contribution is -2.29. The largest absolute Gasteiger partial charge is 0.454 e. The van der Waals surface area contributed by atoms with E-state index >= 15 is 0 Å². The normalized spacial score (nSPS) is 12.8. The minimum absolute atomic E-state index is 0.144. The second-order valence-electron chi connectivity index (χ2n) is 5.01. The van der Waals surface area contributed by atoms with Crippen LogP contribution in [0, 0.1) is 0 Å². The predicted octanol–water partition coefficient (Wildman–Crippen LogP) is 3.42. The van der Waals surface area contributed by atoms with Crippen LogP contribution in [0.25, 0.3) is 0 Å². The van der Waals surface area contributed by atoms with Crippen molar-refractivity contribution in [1.82, 2.24) is 0 Å². The topological polar surface area (TPSA) is 58.6 Å². The summed E-state index contributed by atoms with van der Waals surface area (Å²) in [6.07, 6.45) is 0. The van der Waals surface area contributed by atoms with E-state index in [2.05, 4.69) is 5.32 Å². The molecule has 1 aliphatic heterocycles. The Morgan fingerprint density at radius 3 is 2.68 bits per heavy atom. The van der Waals surface area contributed by atoms with Crippen LogP contribution in [-0.2, 0) is 4.79 Å². The summed E-state index contributed by atoms with van der Waals surface area (Å²) in [4.78, 5) is 25.7. The average molecular weight is 296 g/mol. The second-order valence-corrected chi connectivity index (χ2v) is 5.01. The van der Waals surface area contributed by atoms with Crippen LogP contribution in [0.3, 0.4) is 0 Å². The van der Waals surface area contributed by atoms with Crippen molar-refractivity contribution in [2.24, 2.45) is 0 Å². The third-order valence-corrected chi connectivity index (χ3v) is 3.47. The van der Waals surface area contributed by atoms with Gasteiger partial charge in [-0.05, 0) is 37.3 Å². The van der Waals surface area contributed by atoms with E-state index in [-0.39, 0.29) is 11.8 Å². The maximum atomic E-state index is 12.8. The molecule has 5 nitrogen and oxygen atoms in total. The Morgan fingerprint density at radius 2 is 1.95 bits per heavy atom. The molecule has 0 radical (unpaired) electrons. The highest BCUT2D eigenvalue weighted by molar-refractivity contribution is 6.10. The zero-order chi connectivity index (χ0) is 15.7. The van der Waals surface area contributed by atoms with Gasteiger partial charge in [0.2, 0.25) is 5.91 Å². The number of hydrogen-bond acceptors (Lipinski definition) is 3. The van der Waals surface area contributed by atoms with Gasteiger partial charge in [-0.2, -0.15) is 0 Å². The molecule has 112 valence electrons. The molecular weight excluding hydrogens is 280 g/mol. The highest BCUT2D eigenvalue weighted by atomic mass is 16.5. The van der Waals surface area contributed by atoms with E-state index in [1.807, 2.05) is 31.2 Å². The Balaban J connectivity index is 2.11. The Hall–Kier alpha value is -2.82. The Kier molecular flexibility index (Phi) is 3.55. The summed E-state index contributed by atoms with van der Waals surface area (Å²) in [6.45, 7) is 3.87. The molecule has 0 aliphatic carbocycles. The van der Waals surface area contributed by atoms with Crippen LogP contribution < -0.4 is 15.0 Å². The fourth-order valence-corrected chi connectivity index (χ4v) is 2.52. The third-order valence-electron chi connectivity index (χ3n) is 3.47. The first-order valence-corrected chi connectivity index (χ1v) is 7.10. The van der Waals surface area contributed by atoms with Crippen LogP contribution in [0.2, 0.25) is 0 Å². The first kappa shape index (κ1) is 14.1. The number of ether oxygens (including phenoxy) is 1. The van der Waals surface area contributed by atoms with Gasteiger partial charge < -0.3 is 15.0 Å². The predicted molar refractivity (Wildman–Crippen MR) is 84.6 cm³/mol. The van der Waals surface area contributed by atoms with Crippen LogP contribution in [0.4, 0.5) is 11.4 Å². The minimum atomic E-state index is -0.183. The van der Waals surface area contributed by atoms with Gasteiger partial charge in [-0.3, -0.25) is 9.59 Å². The van der Waals surface area contributed by atoms with Crippen molar-refractivity contribution in [3.63, 3.8) is 0 Å². The first-order valence-electron chi connectivity index (χ1n) is 7.10. The molecule has 22 heavy (non-hydrogen) atoms. The summed E-state index contributed by atoms with van der Waals surface area (Å²) in [5.74, 6) is 0.804. The second kappa shape index (κ2) is 5.52. The third kappa shape index (κ3) is 2.41. The number of nitrogens with one attached hydrogen (secondary N) is 1. The van der Waals surface area contributed by atoms with Crippen molar-refractivity contribution in [2.75, 3.05) is 16.8 Å². The number of benzene rings is 2. The number of carbonyl (C=O) groups excluding carboxylic acids is 2. The van der Waals surface area contributed by atoms with Crippen LogP contribution in [0.1, 0.15) is 24.2 Å². The molecule has 0 saturated carbocycles. The monoisotopic (exact) mass is 296 g/mol. The highest BCUT2D eigenvalue weighted by Gasteiger charge is 2.27. The molecule has 2 aromatic rings. The molecule has 0 spiro atoms. The van der Waals surface area contributed by atoms with E-state index < -0.39 is 0 Å². The molecule has 0 bridgehead atoms. The fraction of sp³-hybridized carbons (Fsp3) is 0.176. The Morgan fingerprint density at radius 1 is 1.18 bits per heavy atom. The maximum Gasteiger partial charge on any atom is 0.262 e. The zero-order valence-corrected chi connectivity index (χ0v) is 12.4. The standard InChI is InChI=1S/C17H16N2O3/c1-3-19-14-6-4-5-7-16(14)22-15-9-8-12(18-11(2)20)10-13(15)17(19)21/h4-10H,3H2,1-2H3,(H,18,20). The van der Waals surface area contributed by atoms with Crippen molar-refractivity contribution in [1.29, 1.82) is 0 Å². The number of anilines is 2. The van der Waals surface area contributed by atoms with Gasteiger partial charge in [-0.15, -0.1) is 0 Å². The molecular formula is C17H16N2O3. The van der Waals surface area contributed by atoms with E-state index in [0.717, 1.165) is 5.69 Å². The molecule has 0 atom stereocenters. The van der Waals surface area contributed by atoms with Crippen LogP contribution in [0.15, 0.2) is 42.5 Å². The molecule has 0 saturated heterocycles. The summed E-state index contributed by atoms with van der Waals surface area (Å²) in [6, 6.07) is 12.5. The summed E-state index contributed by atoms with van der Waals surface area (Å²) in [5.41, 5.74) is 1.75. The van der Waals surface area contributed by atoms with Crippen molar-refractivity contribution in [3.8, 4) is 11.5 Å². The number of hydrogen-bond donors (Lipinski definition) is 1. The number of rotatable bonds is 2. The van der Waals surface area contributed by atoms with Gasteiger partial charge in [-0.1, -0.05) is 12.1 Å². The highest BCUT2D eigenvalue weighted by Crippen LogP contribution is 2.39. The van der Waals surface area contributed by atoms with E-state index in [1.54, 1.807) is 23.1 Å². The molecule has 0 aromatic heterocycles. The molecule has 0 unspecified atom stereocenters. The molecule has 1 aliphatic rings. The van der Waals surface area contributed by atoms with Gasteiger partial charge >= 0.3 is 0 Å². The molecule has 1 heterocycles. The summed E-state index contributed by atoms with van der Waals surface area (Å²) in [7, 11) is 0. The van der Waals surface area contributed by atoms with Crippen LogP contribution >= 0.6 is 0 Å². The summed E-state index contributed by atoms with van der Waals surface area (Å²) in [5, 5.41) is 2.68. The van der Waals surface area contributed by atoms with Crippen molar-refractivity contribution >= 4 is 23.2 Å². The summed E-state index contributed by atoms with van der Waals surface area (Å²) < 4.78 is 5.89. The smallest absolute Gasteiger partial charge is 0.262 e. The van der Waals surface area contributed by atoms with Gasteiger partial charge in [0.05, 0.1) is 11.3 Å². The van der Waals surface area contributed by atoms with Gasteiger partial charge in [0.25, 0.3) is 5.91 Å². The van der Waals surface area contributed by atoms with Crippen LogP contribution in [0.5, 0.6) is 11.5 Å². The number of para-hydroxylation sites is 2. The molecule has 3 rings (SSSR count). The number of fused-ring (bicyclic) bond motifs is 2.